The Morgan fingerprint density at radius 1 is 1.58 bits per heavy atom. The number of nitrogens with zero attached hydrogens (tertiary/aromatic N) is 1. The topological polar surface area (TPSA) is 73.6 Å². The summed E-state index contributed by atoms with van der Waals surface area (Å²) in [6.07, 6.45) is 2.38. The van der Waals surface area contributed by atoms with Crippen LogP contribution in [0.5, 0.6) is 5.75 Å². The van der Waals surface area contributed by atoms with Crippen LogP contribution in [0.15, 0.2) is 18.2 Å². The highest BCUT2D eigenvalue weighted by molar-refractivity contribution is 5.58. The van der Waals surface area contributed by atoms with Crippen LogP contribution in [0, 0.1) is 10.1 Å². The Balaban J connectivity index is 2.04. The number of ether oxygens (including phenoxy) is 2. The number of hydrogen-bond donors (Lipinski definition) is 1. The largest absolute Gasteiger partial charge is 0.487 e. The molecule has 6 heteroatoms. The fourth-order valence-electron chi connectivity index (χ4n) is 2.08. The number of nitro groups is 1. The van der Waals surface area contributed by atoms with E-state index in [1.807, 2.05) is 0 Å². The van der Waals surface area contributed by atoms with E-state index in [4.69, 9.17) is 9.47 Å². The molecule has 104 valence electrons. The highest BCUT2D eigenvalue weighted by Gasteiger charge is 2.17. The first kappa shape index (κ1) is 13.6. The van der Waals surface area contributed by atoms with E-state index in [0.29, 0.717) is 18.9 Å². The second-order valence-corrected chi connectivity index (χ2v) is 4.39. The molecule has 1 aromatic carbocycles. The predicted octanol–water partition coefficient (Wildman–Crippen LogP) is 2.58. The van der Waals surface area contributed by atoms with Gasteiger partial charge in [-0.15, -0.1) is 0 Å². The van der Waals surface area contributed by atoms with Crippen molar-refractivity contribution in [3.05, 3.63) is 28.3 Å². The summed E-state index contributed by atoms with van der Waals surface area (Å²) in [7, 11) is 0. The standard InChI is InChI=1S/C13H18N2O4/c1-2-18-13-8-10(5-6-12(13)15(16)17)14-9-11-4-3-7-19-11/h5-6,8,11,14H,2-4,7,9H2,1H3. The molecule has 1 unspecified atom stereocenters. The third-order valence-corrected chi connectivity index (χ3v) is 3.01. The van der Waals surface area contributed by atoms with Crippen LogP contribution >= 0.6 is 0 Å². The van der Waals surface area contributed by atoms with Crippen molar-refractivity contribution in [2.75, 3.05) is 25.1 Å². The lowest BCUT2D eigenvalue weighted by Crippen LogP contribution is -2.18. The van der Waals surface area contributed by atoms with Gasteiger partial charge in [-0.2, -0.15) is 0 Å². The molecule has 0 amide bonds. The average Bonchev–Trinajstić information content (AvgIpc) is 2.90. The predicted molar refractivity (Wildman–Crippen MR) is 71.7 cm³/mol. The highest BCUT2D eigenvalue weighted by atomic mass is 16.6. The fourth-order valence-corrected chi connectivity index (χ4v) is 2.08. The van der Waals surface area contributed by atoms with Crippen LogP contribution < -0.4 is 10.1 Å². The fraction of sp³-hybridized carbons (Fsp3) is 0.538. The molecule has 0 aliphatic carbocycles. The van der Waals surface area contributed by atoms with Gasteiger partial charge in [0.1, 0.15) is 0 Å². The second-order valence-electron chi connectivity index (χ2n) is 4.39. The summed E-state index contributed by atoms with van der Waals surface area (Å²) in [5.74, 6) is 0.296. The van der Waals surface area contributed by atoms with Crippen molar-refractivity contribution in [2.45, 2.75) is 25.9 Å². The second kappa shape index (κ2) is 6.38. The number of benzene rings is 1. The van der Waals surface area contributed by atoms with Crippen molar-refractivity contribution in [2.24, 2.45) is 0 Å². The molecule has 0 radical (unpaired) electrons. The minimum absolute atomic E-state index is 0.00971. The van der Waals surface area contributed by atoms with Crippen molar-refractivity contribution in [3.8, 4) is 5.75 Å². The number of nitro benzene ring substituents is 1. The molecule has 1 fully saturated rings. The molecule has 1 aliphatic heterocycles. The molecule has 0 saturated carbocycles. The van der Waals surface area contributed by atoms with Gasteiger partial charge in [0.05, 0.1) is 17.6 Å². The molecular formula is C13H18N2O4. The first-order chi connectivity index (χ1) is 9.20. The Bertz CT molecular complexity index is 444. The van der Waals surface area contributed by atoms with Gasteiger partial charge in [-0.25, -0.2) is 0 Å². The summed E-state index contributed by atoms with van der Waals surface area (Å²) in [6.45, 7) is 3.73. The number of nitrogens with one attached hydrogen (secondary N) is 1. The monoisotopic (exact) mass is 266 g/mol. The zero-order chi connectivity index (χ0) is 13.7. The maximum absolute atomic E-state index is 10.9. The molecule has 1 aliphatic rings. The van der Waals surface area contributed by atoms with E-state index in [1.54, 1.807) is 19.1 Å². The summed E-state index contributed by atoms with van der Waals surface area (Å²) in [5.41, 5.74) is 0.800. The van der Waals surface area contributed by atoms with Crippen molar-refractivity contribution < 1.29 is 14.4 Å². The van der Waals surface area contributed by atoms with Crippen molar-refractivity contribution >= 4 is 11.4 Å². The molecule has 1 atom stereocenters. The first-order valence-corrected chi connectivity index (χ1v) is 6.47. The SMILES string of the molecule is CCOc1cc(NCC2CCCO2)ccc1[N+](=O)[O-]. The smallest absolute Gasteiger partial charge is 0.311 e. The van der Waals surface area contributed by atoms with Crippen molar-refractivity contribution in [1.82, 2.24) is 0 Å². The van der Waals surface area contributed by atoms with Crippen LogP contribution in [-0.2, 0) is 4.74 Å². The van der Waals surface area contributed by atoms with Gasteiger partial charge in [0, 0.05) is 31.0 Å². The summed E-state index contributed by atoms with van der Waals surface area (Å²) >= 11 is 0. The molecule has 19 heavy (non-hydrogen) atoms. The third kappa shape index (κ3) is 3.57. The van der Waals surface area contributed by atoms with Gasteiger partial charge in [0.25, 0.3) is 0 Å². The quantitative estimate of drug-likeness (QED) is 0.632. The summed E-state index contributed by atoms with van der Waals surface area (Å²) in [4.78, 5) is 10.4. The van der Waals surface area contributed by atoms with Gasteiger partial charge in [-0.05, 0) is 25.8 Å². The van der Waals surface area contributed by atoms with E-state index in [1.165, 1.54) is 6.07 Å². The zero-order valence-corrected chi connectivity index (χ0v) is 10.9. The van der Waals surface area contributed by atoms with E-state index in [-0.39, 0.29) is 11.8 Å². The number of anilines is 1. The average molecular weight is 266 g/mol. The van der Waals surface area contributed by atoms with Gasteiger partial charge in [-0.3, -0.25) is 10.1 Å². The molecule has 0 bridgehead atoms. The minimum Gasteiger partial charge on any atom is -0.487 e. The Morgan fingerprint density at radius 3 is 3.05 bits per heavy atom. The zero-order valence-electron chi connectivity index (χ0n) is 10.9. The normalized spacial score (nSPS) is 18.3. The van der Waals surface area contributed by atoms with Crippen molar-refractivity contribution in [1.29, 1.82) is 0 Å². The Kier molecular flexibility index (Phi) is 4.57. The Labute approximate surface area is 111 Å². The molecule has 1 aromatic rings. The van der Waals surface area contributed by atoms with Crippen LogP contribution in [0.3, 0.4) is 0 Å². The molecule has 1 saturated heterocycles. The maximum atomic E-state index is 10.9. The van der Waals surface area contributed by atoms with E-state index in [9.17, 15) is 10.1 Å². The Hall–Kier alpha value is -1.82. The van der Waals surface area contributed by atoms with Gasteiger partial charge >= 0.3 is 5.69 Å². The highest BCUT2D eigenvalue weighted by Crippen LogP contribution is 2.30. The summed E-state index contributed by atoms with van der Waals surface area (Å²) in [6, 6.07) is 4.81. The van der Waals surface area contributed by atoms with Gasteiger partial charge in [0.15, 0.2) is 5.75 Å². The van der Waals surface area contributed by atoms with Gasteiger partial charge in [0.2, 0.25) is 0 Å². The van der Waals surface area contributed by atoms with E-state index < -0.39 is 4.92 Å². The van der Waals surface area contributed by atoms with Crippen LogP contribution in [-0.4, -0.2) is 30.8 Å². The van der Waals surface area contributed by atoms with Crippen molar-refractivity contribution in [3.63, 3.8) is 0 Å². The Morgan fingerprint density at radius 2 is 2.42 bits per heavy atom. The van der Waals surface area contributed by atoms with Gasteiger partial charge in [-0.1, -0.05) is 0 Å². The maximum Gasteiger partial charge on any atom is 0.311 e. The molecule has 0 aromatic heterocycles. The molecular weight excluding hydrogens is 248 g/mol. The van der Waals surface area contributed by atoms with E-state index in [2.05, 4.69) is 5.32 Å². The molecule has 1 N–H and O–H groups in total. The molecule has 6 nitrogen and oxygen atoms in total. The minimum atomic E-state index is -0.436. The third-order valence-electron chi connectivity index (χ3n) is 3.01. The van der Waals surface area contributed by atoms with E-state index >= 15 is 0 Å². The summed E-state index contributed by atoms with van der Waals surface area (Å²) in [5, 5.41) is 14.1. The van der Waals surface area contributed by atoms with Gasteiger partial charge < -0.3 is 14.8 Å². The molecule has 1 heterocycles. The lowest BCUT2D eigenvalue weighted by atomic mass is 10.2. The lowest BCUT2D eigenvalue weighted by Gasteiger charge is -2.13. The lowest BCUT2D eigenvalue weighted by molar-refractivity contribution is -0.385. The van der Waals surface area contributed by atoms with Crippen LogP contribution in [0.2, 0.25) is 0 Å². The number of hydrogen-bond acceptors (Lipinski definition) is 5. The molecule has 2 rings (SSSR count). The van der Waals surface area contributed by atoms with E-state index in [0.717, 1.165) is 25.1 Å². The van der Waals surface area contributed by atoms with Crippen LogP contribution in [0.4, 0.5) is 11.4 Å². The van der Waals surface area contributed by atoms with Crippen LogP contribution in [0.25, 0.3) is 0 Å². The first-order valence-electron chi connectivity index (χ1n) is 6.47. The molecule has 0 spiro atoms. The number of rotatable bonds is 6. The van der Waals surface area contributed by atoms with Crippen LogP contribution in [0.1, 0.15) is 19.8 Å². The summed E-state index contributed by atoms with van der Waals surface area (Å²) < 4.78 is 10.8.